The van der Waals surface area contributed by atoms with E-state index in [1.165, 1.54) is 58.0 Å². The van der Waals surface area contributed by atoms with Crippen molar-refractivity contribution in [2.24, 2.45) is 5.41 Å². The van der Waals surface area contributed by atoms with Crippen LogP contribution in [0, 0.1) is 5.41 Å². The Kier molecular flexibility index (Phi) is 5.46. The van der Waals surface area contributed by atoms with Crippen LogP contribution in [0.4, 0.5) is 5.95 Å². The van der Waals surface area contributed by atoms with Crippen molar-refractivity contribution in [2.45, 2.75) is 57.0 Å². The summed E-state index contributed by atoms with van der Waals surface area (Å²) in [6, 6.07) is 7.19. The van der Waals surface area contributed by atoms with Crippen molar-refractivity contribution in [2.75, 3.05) is 31.1 Å². The fourth-order valence-electron chi connectivity index (χ4n) is 5.44. The molecule has 0 radical (unpaired) electrons. The third-order valence-electron chi connectivity index (χ3n) is 7.25. The summed E-state index contributed by atoms with van der Waals surface area (Å²) in [6.45, 7) is 4.46. The Morgan fingerprint density at radius 1 is 1.00 bits per heavy atom. The molecule has 3 aliphatic rings. The Hall–Kier alpha value is -2.05. The second-order valence-electron chi connectivity index (χ2n) is 9.11. The minimum absolute atomic E-state index is 0.549. The third kappa shape index (κ3) is 4.28. The van der Waals surface area contributed by atoms with Gasteiger partial charge in [0.1, 0.15) is 0 Å². The van der Waals surface area contributed by atoms with E-state index >= 15 is 0 Å². The Morgan fingerprint density at radius 3 is 2.66 bits per heavy atom. The molecular weight excluding hydrogens is 360 g/mol. The zero-order valence-corrected chi connectivity index (χ0v) is 17.2. The number of aromatic nitrogens is 3. The zero-order valence-electron chi connectivity index (χ0n) is 17.2. The lowest BCUT2D eigenvalue weighted by atomic mass is 9.67. The Labute approximate surface area is 173 Å². The molecule has 6 heteroatoms. The summed E-state index contributed by atoms with van der Waals surface area (Å²) in [5, 5.41) is 7.49. The molecule has 5 rings (SSSR count). The van der Waals surface area contributed by atoms with Crippen molar-refractivity contribution in [3.8, 4) is 11.3 Å². The molecule has 1 aliphatic carbocycles. The molecule has 1 saturated carbocycles. The fraction of sp³-hybridized carbons (Fsp3) is 0.609. The maximum absolute atomic E-state index is 4.80. The first kappa shape index (κ1) is 18.9. The lowest BCUT2D eigenvalue weighted by molar-refractivity contribution is 0.113. The van der Waals surface area contributed by atoms with Crippen molar-refractivity contribution in [3.63, 3.8) is 0 Å². The van der Waals surface area contributed by atoms with E-state index in [1.807, 2.05) is 30.6 Å². The second kappa shape index (κ2) is 8.36. The monoisotopic (exact) mass is 392 g/mol. The highest BCUT2D eigenvalue weighted by atomic mass is 15.3. The van der Waals surface area contributed by atoms with E-state index in [0.717, 1.165) is 30.3 Å². The molecule has 0 aromatic carbocycles. The lowest BCUT2D eigenvalue weighted by Crippen LogP contribution is -2.46. The van der Waals surface area contributed by atoms with Gasteiger partial charge in [0.15, 0.2) is 0 Å². The first-order valence-electron chi connectivity index (χ1n) is 11.2. The van der Waals surface area contributed by atoms with Crippen molar-refractivity contribution < 1.29 is 0 Å². The van der Waals surface area contributed by atoms with Crippen LogP contribution in [0.5, 0.6) is 0 Å². The van der Waals surface area contributed by atoms with E-state index in [-0.39, 0.29) is 0 Å². The molecule has 1 spiro atoms. The highest BCUT2D eigenvalue weighted by molar-refractivity contribution is 5.58. The van der Waals surface area contributed by atoms with E-state index in [1.54, 1.807) is 6.20 Å². The summed E-state index contributed by atoms with van der Waals surface area (Å²) in [5.74, 6) is 0.841. The molecule has 2 saturated heterocycles. The summed E-state index contributed by atoms with van der Waals surface area (Å²) < 4.78 is 0. The molecule has 1 unspecified atom stereocenters. The smallest absolute Gasteiger partial charge is 0.225 e. The predicted octanol–water partition coefficient (Wildman–Crippen LogP) is 3.02. The van der Waals surface area contributed by atoms with Gasteiger partial charge in [-0.05, 0) is 81.6 Å². The van der Waals surface area contributed by atoms with Crippen LogP contribution >= 0.6 is 0 Å². The number of nitrogens with one attached hydrogen (secondary N) is 2. The zero-order chi connectivity index (χ0) is 19.5. The molecular formula is C23H32N6. The van der Waals surface area contributed by atoms with Crippen LogP contribution in [0.25, 0.3) is 11.3 Å². The minimum atomic E-state index is 0.549. The molecule has 0 amide bonds. The van der Waals surface area contributed by atoms with Crippen LogP contribution in [0.3, 0.4) is 0 Å². The van der Waals surface area contributed by atoms with Gasteiger partial charge in [0, 0.05) is 49.3 Å². The summed E-state index contributed by atoms with van der Waals surface area (Å²) in [5.41, 5.74) is 2.63. The molecule has 2 aliphatic heterocycles. The van der Waals surface area contributed by atoms with Crippen molar-refractivity contribution in [1.82, 2.24) is 25.6 Å². The van der Waals surface area contributed by atoms with Gasteiger partial charge in [-0.15, -0.1) is 0 Å². The highest BCUT2D eigenvalue weighted by Gasteiger charge is 2.37. The lowest BCUT2D eigenvalue weighted by Gasteiger charge is -2.43. The van der Waals surface area contributed by atoms with Crippen molar-refractivity contribution >= 4 is 5.95 Å². The predicted molar refractivity (Wildman–Crippen MR) is 116 cm³/mol. The number of piperidine rings is 1. The molecule has 2 N–H and O–H groups in total. The average molecular weight is 393 g/mol. The van der Waals surface area contributed by atoms with Crippen LogP contribution in [0.2, 0.25) is 0 Å². The van der Waals surface area contributed by atoms with Gasteiger partial charge in [-0.1, -0.05) is 0 Å². The number of anilines is 1. The van der Waals surface area contributed by atoms with Crippen LogP contribution in [0.1, 0.15) is 44.9 Å². The maximum Gasteiger partial charge on any atom is 0.225 e. The van der Waals surface area contributed by atoms with Gasteiger partial charge in [-0.25, -0.2) is 9.97 Å². The average Bonchev–Trinajstić information content (AvgIpc) is 3.26. The van der Waals surface area contributed by atoms with Crippen LogP contribution in [0.15, 0.2) is 36.8 Å². The standard InChI is InChI=1S/C23H32N6/c1-2-18(16-25-11-1)21-5-12-26-22(28-21)29-15-6-20(17-29)27-19-3-7-23(8-4-19)9-13-24-14-10-23/h1-2,5,11-12,16,19-20,24,27H,3-4,6-10,13-15,17H2. The Bertz CT molecular complexity index is 794. The van der Waals surface area contributed by atoms with E-state index in [2.05, 4.69) is 25.5 Å². The number of pyridine rings is 1. The quantitative estimate of drug-likeness (QED) is 0.834. The first-order chi connectivity index (χ1) is 14.3. The van der Waals surface area contributed by atoms with Gasteiger partial charge < -0.3 is 15.5 Å². The molecule has 6 nitrogen and oxygen atoms in total. The van der Waals surface area contributed by atoms with E-state index < -0.39 is 0 Å². The van der Waals surface area contributed by atoms with Gasteiger partial charge in [0.25, 0.3) is 0 Å². The normalized spacial score (nSPS) is 24.8. The Balaban J connectivity index is 1.16. The molecule has 29 heavy (non-hydrogen) atoms. The highest BCUT2D eigenvalue weighted by Crippen LogP contribution is 2.43. The number of rotatable bonds is 4. The van der Waals surface area contributed by atoms with Gasteiger partial charge in [0.2, 0.25) is 5.95 Å². The molecule has 0 bridgehead atoms. The largest absolute Gasteiger partial charge is 0.339 e. The first-order valence-corrected chi connectivity index (χ1v) is 11.2. The third-order valence-corrected chi connectivity index (χ3v) is 7.25. The second-order valence-corrected chi connectivity index (χ2v) is 9.11. The fourth-order valence-corrected chi connectivity index (χ4v) is 5.44. The Morgan fingerprint density at radius 2 is 1.86 bits per heavy atom. The van der Waals surface area contributed by atoms with Crippen LogP contribution in [-0.2, 0) is 0 Å². The van der Waals surface area contributed by atoms with Crippen LogP contribution in [-0.4, -0.2) is 53.2 Å². The molecule has 1 atom stereocenters. The number of nitrogens with zero attached hydrogens (tertiary/aromatic N) is 4. The SMILES string of the molecule is c1cncc(-c2ccnc(N3CCC(NC4CCC5(CCNCC5)CC4)C3)n2)c1. The van der Waals surface area contributed by atoms with Gasteiger partial charge in [-0.2, -0.15) is 0 Å². The molecule has 2 aromatic heterocycles. The minimum Gasteiger partial charge on any atom is -0.339 e. The summed E-state index contributed by atoms with van der Waals surface area (Å²) in [4.78, 5) is 15.9. The van der Waals surface area contributed by atoms with Gasteiger partial charge in [-0.3, -0.25) is 4.98 Å². The van der Waals surface area contributed by atoms with Gasteiger partial charge in [0.05, 0.1) is 5.69 Å². The number of hydrogen-bond acceptors (Lipinski definition) is 6. The topological polar surface area (TPSA) is 66.0 Å². The van der Waals surface area contributed by atoms with E-state index in [9.17, 15) is 0 Å². The maximum atomic E-state index is 4.80. The molecule has 4 heterocycles. The summed E-state index contributed by atoms with van der Waals surface area (Å²) >= 11 is 0. The van der Waals surface area contributed by atoms with E-state index in [0.29, 0.717) is 17.5 Å². The van der Waals surface area contributed by atoms with E-state index in [4.69, 9.17) is 4.98 Å². The van der Waals surface area contributed by atoms with Gasteiger partial charge >= 0.3 is 0 Å². The molecule has 2 aromatic rings. The van der Waals surface area contributed by atoms with Crippen LogP contribution < -0.4 is 15.5 Å². The summed E-state index contributed by atoms with van der Waals surface area (Å²) in [6.07, 6.45) is 14.9. The molecule has 154 valence electrons. The molecule has 3 fully saturated rings. The van der Waals surface area contributed by atoms with Crippen molar-refractivity contribution in [3.05, 3.63) is 36.8 Å². The summed E-state index contributed by atoms with van der Waals surface area (Å²) in [7, 11) is 0. The number of hydrogen-bond donors (Lipinski definition) is 2. The van der Waals surface area contributed by atoms with Crippen molar-refractivity contribution in [1.29, 1.82) is 0 Å².